The smallest absolute Gasteiger partial charge is 0.417 e. The lowest BCUT2D eigenvalue weighted by Gasteiger charge is -2.38. The molecule has 9 heteroatoms. The van der Waals surface area contributed by atoms with Gasteiger partial charge in [0.1, 0.15) is 11.6 Å². The Morgan fingerprint density at radius 1 is 1.11 bits per heavy atom. The molecule has 1 fully saturated rings. The number of H-pyrrole nitrogens is 1. The van der Waals surface area contributed by atoms with E-state index in [1.807, 2.05) is 6.07 Å². The van der Waals surface area contributed by atoms with Gasteiger partial charge < -0.3 is 19.7 Å². The summed E-state index contributed by atoms with van der Waals surface area (Å²) in [6.45, 7) is 5.23. The van der Waals surface area contributed by atoms with Gasteiger partial charge in [0.2, 0.25) is 0 Å². The summed E-state index contributed by atoms with van der Waals surface area (Å²) in [5.41, 5.74) is -2.43. The molecule has 0 saturated carbocycles. The first-order valence-corrected chi connectivity index (χ1v) is 12.6. The number of halogens is 4. The summed E-state index contributed by atoms with van der Waals surface area (Å²) in [5, 5.41) is 11.9. The van der Waals surface area contributed by atoms with E-state index in [0.29, 0.717) is 22.5 Å². The average molecular weight is 554 g/mol. The second-order valence-electron chi connectivity index (χ2n) is 10.1. The maximum absolute atomic E-state index is 14.3. The summed E-state index contributed by atoms with van der Waals surface area (Å²) in [6.07, 6.45) is -0.896. The molecule has 0 aliphatic carbocycles. The first kappa shape index (κ1) is 25.8. The number of alkyl halides is 3. The molecule has 5 nitrogen and oxygen atoms in total. The Bertz CT molecular complexity index is 1190. The van der Waals surface area contributed by atoms with Crippen LogP contribution in [0.4, 0.5) is 19.0 Å². The first-order chi connectivity index (χ1) is 16.4. The van der Waals surface area contributed by atoms with Crippen molar-refractivity contribution in [3.8, 4) is 5.75 Å². The van der Waals surface area contributed by atoms with Crippen LogP contribution in [0.3, 0.4) is 0 Å². The van der Waals surface area contributed by atoms with E-state index >= 15 is 0 Å². The fourth-order valence-electron chi connectivity index (χ4n) is 5.08. The zero-order valence-electron chi connectivity index (χ0n) is 20.2. The summed E-state index contributed by atoms with van der Waals surface area (Å²) < 4.78 is 49.1. The minimum Gasteiger partial charge on any atom is -0.496 e. The summed E-state index contributed by atoms with van der Waals surface area (Å²) in [4.78, 5) is 9.75. The van der Waals surface area contributed by atoms with E-state index in [2.05, 4.69) is 30.8 Å². The van der Waals surface area contributed by atoms with Crippen molar-refractivity contribution in [1.82, 2.24) is 9.97 Å². The zero-order chi connectivity index (χ0) is 25.4. The number of nitrogens with zero attached hydrogens (tertiary/aromatic N) is 2. The molecule has 2 N–H and O–H groups in total. The number of benzene rings is 1. The molecule has 4 rings (SSSR count). The molecule has 3 heterocycles. The normalized spacial score (nSPS) is 17.0. The third-order valence-electron chi connectivity index (χ3n) is 6.86. The highest BCUT2D eigenvalue weighted by atomic mass is 79.9. The lowest BCUT2D eigenvalue weighted by atomic mass is 9.73. The number of hydrogen-bond donors (Lipinski definition) is 2. The Hall–Kier alpha value is -2.26. The number of methoxy groups -OCH3 is 1. The number of nitrogens with one attached hydrogen (secondary N) is 1. The second-order valence-corrected chi connectivity index (χ2v) is 11.0. The number of piperidine rings is 1. The van der Waals surface area contributed by atoms with Crippen molar-refractivity contribution in [2.75, 3.05) is 25.1 Å². The molecule has 190 valence electrons. The molecular weight excluding hydrogens is 523 g/mol. The Balaban J connectivity index is 1.64. The van der Waals surface area contributed by atoms with E-state index in [4.69, 9.17) is 4.74 Å². The molecule has 1 aliphatic heterocycles. The van der Waals surface area contributed by atoms with Crippen molar-refractivity contribution >= 4 is 32.7 Å². The highest BCUT2D eigenvalue weighted by Gasteiger charge is 2.56. The van der Waals surface area contributed by atoms with Crippen molar-refractivity contribution in [2.24, 2.45) is 0 Å². The molecule has 1 aliphatic rings. The standard InChI is InChI=1S/C26H31BrF3N3O2/c1-24(2,20-13-18(27)7-8-22(20)35-3)16-25(34,26(28,29)30)14-19-11-17-12-23(31-15-21(17)32-19)33-9-5-4-6-10-33/h7-8,11-13,15,32,34H,4-6,9-10,14,16H2,1-3H3. The van der Waals surface area contributed by atoms with Crippen molar-refractivity contribution in [3.05, 3.63) is 52.3 Å². The maximum Gasteiger partial charge on any atom is 0.417 e. The molecule has 0 radical (unpaired) electrons. The van der Waals surface area contributed by atoms with Crippen LogP contribution in [-0.4, -0.2) is 47.1 Å². The van der Waals surface area contributed by atoms with Gasteiger partial charge in [0.25, 0.3) is 0 Å². The quantitative estimate of drug-likeness (QED) is 0.349. The summed E-state index contributed by atoms with van der Waals surface area (Å²) in [7, 11) is 1.48. The maximum atomic E-state index is 14.3. The largest absolute Gasteiger partial charge is 0.496 e. The number of rotatable bonds is 7. The van der Waals surface area contributed by atoms with Crippen molar-refractivity contribution in [1.29, 1.82) is 0 Å². The number of aromatic amines is 1. The minimum atomic E-state index is -4.84. The molecule has 0 bridgehead atoms. The molecule has 2 aromatic heterocycles. The molecule has 1 unspecified atom stereocenters. The molecule has 1 aromatic carbocycles. The number of anilines is 1. The van der Waals surface area contributed by atoms with E-state index < -0.39 is 30.0 Å². The van der Waals surface area contributed by atoms with Crippen molar-refractivity contribution in [2.45, 2.75) is 63.1 Å². The SMILES string of the molecule is COc1ccc(Br)cc1C(C)(C)CC(O)(Cc1cc2cc(N3CCCCC3)ncc2[nH]1)C(F)(F)F. The van der Waals surface area contributed by atoms with Crippen LogP contribution in [0.1, 0.15) is 50.8 Å². The number of aromatic nitrogens is 2. The van der Waals surface area contributed by atoms with Crippen LogP contribution in [0, 0.1) is 0 Å². The van der Waals surface area contributed by atoms with Gasteiger partial charge in [0.15, 0.2) is 5.60 Å². The summed E-state index contributed by atoms with van der Waals surface area (Å²) in [5.74, 6) is 1.31. The molecule has 1 atom stereocenters. The van der Waals surface area contributed by atoms with Crippen LogP contribution in [0.15, 0.2) is 41.0 Å². The third kappa shape index (κ3) is 5.45. The van der Waals surface area contributed by atoms with E-state index in [0.717, 1.165) is 41.6 Å². The minimum absolute atomic E-state index is 0.314. The lowest BCUT2D eigenvalue weighted by molar-refractivity contribution is -0.266. The van der Waals surface area contributed by atoms with E-state index in [1.54, 1.807) is 44.3 Å². The van der Waals surface area contributed by atoms with E-state index in [9.17, 15) is 18.3 Å². The zero-order valence-corrected chi connectivity index (χ0v) is 21.8. The van der Waals surface area contributed by atoms with Crippen molar-refractivity contribution < 1.29 is 23.0 Å². The van der Waals surface area contributed by atoms with Crippen LogP contribution < -0.4 is 9.64 Å². The van der Waals surface area contributed by atoms with E-state index in [-0.39, 0.29) is 0 Å². The molecular formula is C26H31BrF3N3O2. The van der Waals surface area contributed by atoms with E-state index in [1.165, 1.54) is 13.5 Å². The Morgan fingerprint density at radius 3 is 2.49 bits per heavy atom. The molecule has 0 amide bonds. The predicted octanol–water partition coefficient (Wildman–Crippen LogP) is 6.53. The summed E-state index contributed by atoms with van der Waals surface area (Å²) >= 11 is 3.39. The Morgan fingerprint density at radius 2 is 1.83 bits per heavy atom. The fourth-order valence-corrected chi connectivity index (χ4v) is 5.45. The van der Waals surface area contributed by atoms with Gasteiger partial charge >= 0.3 is 6.18 Å². The highest BCUT2D eigenvalue weighted by Crippen LogP contribution is 2.45. The fraction of sp³-hybridized carbons (Fsp3) is 0.500. The first-order valence-electron chi connectivity index (χ1n) is 11.8. The van der Waals surface area contributed by atoms with Gasteiger partial charge in [0.05, 0.1) is 18.8 Å². The lowest BCUT2D eigenvalue weighted by Crippen LogP contribution is -2.51. The monoisotopic (exact) mass is 553 g/mol. The summed E-state index contributed by atoms with van der Waals surface area (Å²) in [6, 6.07) is 8.81. The van der Waals surface area contributed by atoms with Crippen LogP contribution >= 0.6 is 15.9 Å². The number of fused-ring (bicyclic) bond motifs is 1. The molecule has 3 aromatic rings. The van der Waals surface area contributed by atoms with Crippen LogP contribution in [0.2, 0.25) is 0 Å². The topological polar surface area (TPSA) is 61.4 Å². The predicted molar refractivity (Wildman–Crippen MR) is 135 cm³/mol. The van der Waals surface area contributed by atoms with Gasteiger partial charge in [-0.05, 0) is 61.4 Å². The second kappa shape index (κ2) is 9.65. The Kier molecular flexibility index (Phi) is 7.12. The highest BCUT2D eigenvalue weighted by molar-refractivity contribution is 9.10. The number of pyridine rings is 1. The number of ether oxygens (including phenoxy) is 1. The molecule has 0 spiro atoms. The van der Waals surface area contributed by atoms with Crippen molar-refractivity contribution in [3.63, 3.8) is 0 Å². The van der Waals surface area contributed by atoms with Gasteiger partial charge in [-0.3, -0.25) is 0 Å². The number of hydrogen-bond acceptors (Lipinski definition) is 4. The molecule has 1 saturated heterocycles. The van der Waals surface area contributed by atoms with Gasteiger partial charge in [0, 0.05) is 40.6 Å². The number of aliphatic hydroxyl groups is 1. The van der Waals surface area contributed by atoms with Crippen LogP contribution in [-0.2, 0) is 11.8 Å². The average Bonchev–Trinajstić information content (AvgIpc) is 3.19. The van der Waals surface area contributed by atoms with Gasteiger partial charge in [-0.15, -0.1) is 0 Å². The van der Waals surface area contributed by atoms with Gasteiger partial charge in [-0.1, -0.05) is 29.8 Å². The Labute approximate surface area is 211 Å². The van der Waals surface area contributed by atoms with Gasteiger partial charge in [-0.2, -0.15) is 13.2 Å². The third-order valence-corrected chi connectivity index (χ3v) is 7.36. The van der Waals surface area contributed by atoms with Gasteiger partial charge in [-0.25, -0.2) is 4.98 Å². The van der Waals surface area contributed by atoms with Crippen LogP contribution in [0.25, 0.3) is 10.9 Å². The van der Waals surface area contributed by atoms with Crippen LogP contribution in [0.5, 0.6) is 5.75 Å². The molecule has 35 heavy (non-hydrogen) atoms.